The van der Waals surface area contributed by atoms with Crippen LogP contribution in [-0.4, -0.2) is 33.3 Å². The molecule has 0 aliphatic heterocycles. The molecule has 1 amide bonds. The standard InChI is InChI=1S/C19H20N4O3/c1-12(24)13-10-15(21-11-13)19(25)22-17(18-20-8-9-23(18)2)14-6-4-5-7-16(14)26-3/h4-11,17,21H,1-3H3,(H,22,25)/t17-/m1/s1. The summed E-state index contributed by atoms with van der Waals surface area (Å²) in [6.07, 6.45) is 5.01. The second-order valence-electron chi connectivity index (χ2n) is 5.90. The third-order valence-corrected chi connectivity index (χ3v) is 4.18. The SMILES string of the molecule is COc1ccccc1[C@@H](NC(=O)c1cc(C(C)=O)c[nH]1)c1nccn1C. The minimum atomic E-state index is -0.511. The number of H-pyrrole nitrogens is 1. The number of Topliss-reactive ketones (excluding diaryl/α,β-unsaturated/α-hetero) is 1. The smallest absolute Gasteiger partial charge is 0.268 e. The number of ketones is 1. The van der Waals surface area contributed by atoms with Crippen LogP contribution >= 0.6 is 0 Å². The number of hydrogen-bond acceptors (Lipinski definition) is 4. The van der Waals surface area contributed by atoms with Crippen LogP contribution in [0.4, 0.5) is 0 Å². The Morgan fingerprint density at radius 3 is 2.69 bits per heavy atom. The first-order valence-electron chi connectivity index (χ1n) is 8.11. The summed E-state index contributed by atoms with van der Waals surface area (Å²) in [7, 11) is 3.44. The lowest BCUT2D eigenvalue weighted by atomic mass is 10.0. The molecule has 2 N–H and O–H groups in total. The molecule has 0 saturated heterocycles. The second kappa shape index (κ2) is 7.26. The predicted molar refractivity (Wildman–Crippen MR) is 96.3 cm³/mol. The Morgan fingerprint density at radius 2 is 2.08 bits per heavy atom. The summed E-state index contributed by atoms with van der Waals surface area (Å²) >= 11 is 0. The lowest BCUT2D eigenvalue weighted by Crippen LogP contribution is -2.31. The van der Waals surface area contributed by atoms with E-state index in [9.17, 15) is 9.59 Å². The number of nitrogens with zero attached hydrogens (tertiary/aromatic N) is 2. The first-order valence-corrected chi connectivity index (χ1v) is 8.11. The summed E-state index contributed by atoms with van der Waals surface area (Å²) in [5.41, 5.74) is 1.56. The van der Waals surface area contributed by atoms with E-state index in [1.807, 2.05) is 42.1 Å². The highest BCUT2D eigenvalue weighted by atomic mass is 16.5. The maximum atomic E-state index is 12.7. The fraction of sp³-hybridized carbons (Fsp3) is 0.211. The van der Waals surface area contributed by atoms with Gasteiger partial charge in [-0.1, -0.05) is 18.2 Å². The lowest BCUT2D eigenvalue weighted by molar-refractivity contribution is 0.0936. The molecule has 26 heavy (non-hydrogen) atoms. The molecule has 0 unspecified atom stereocenters. The number of carbonyl (C=O) groups excluding carboxylic acids is 2. The molecule has 3 rings (SSSR count). The topological polar surface area (TPSA) is 89.0 Å². The second-order valence-corrected chi connectivity index (χ2v) is 5.90. The molecule has 0 aliphatic rings. The maximum absolute atomic E-state index is 12.7. The number of ether oxygens (including phenoxy) is 1. The fourth-order valence-electron chi connectivity index (χ4n) is 2.78. The van der Waals surface area contributed by atoms with E-state index in [4.69, 9.17) is 4.74 Å². The van der Waals surface area contributed by atoms with Gasteiger partial charge < -0.3 is 19.6 Å². The number of amides is 1. The van der Waals surface area contributed by atoms with E-state index < -0.39 is 6.04 Å². The van der Waals surface area contributed by atoms with Crippen LogP contribution in [0.3, 0.4) is 0 Å². The van der Waals surface area contributed by atoms with E-state index in [1.165, 1.54) is 19.2 Å². The van der Waals surface area contributed by atoms with Crippen molar-refractivity contribution in [2.45, 2.75) is 13.0 Å². The van der Waals surface area contributed by atoms with Crippen molar-refractivity contribution in [1.82, 2.24) is 19.9 Å². The molecule has 7 nitrogen and oxygen atoms in total. The average molecular weight is 352 g/mol. The molecule has 2 heterocycles. The zero-order chi connectivity index (χ0) is 18.7. The minimum absolute atomic E-state index is 0.106. The third-order valence-electron chi connectivity index (χ3n) is 4.18. The normalized spacial score (nSPS) is 11.8. The van der Waals surface area contributed by atoms with Gasteiger partial charge in [0.25, 0.3) is 5.91 Å². The van der Waals surface area contributed by atoms with Gasteiger partial charge in [0.05, 0.1) is 7.11 Å². The van der Waals surface area contributed by atoms with Gasteiger partial charge in [0, 0.05) is 36.8 Å². The third kappa shape index (κ3) is 3.37. The van der Waals surface area contributed by atoms with E-state index >= 15 is 0 Å². The number of para-hydroxylation sites is 1. The van der Waals surface area contributed by atoms with E-state index in [0.717, 1.165) is 5.56 Å². The molecule has 2 aromatic heterocycles. The van der Waals surface area contributed by atoms with Crippen LogP contribution in [0.25, 0.3) is 0 Å². The Hall–Kier alpha value is -3.35. The highest BCUT2D eigenvalue weighted by Gasteiger charge is 2.25. The number of aromatic amines is 1. The number of aryl methyl sites for hydroxylation is 1. The number of carbonyl (C=O) groups is 2. The quantitative estimate of drug-likeness (QED) is 0.667. The molecule has 0 radical (unpaired) electrons. The van der Waals surface area contributed by atoms with E-state index in [1.54, 1.807) is 13.3 Å². The summed E-state index contributed by atoms with van der Waals surface area (Å²) in [6, 6.07) is 8.48. The van der Waals surface area contributed by atoms with E-state index in [0.29, 0.717) is 22.8 Å². The summed E-state index contributed by atoms with van der Waals surface area (Å²) in [4.78, 5) is 31.4. The van der Waals surface area contributed by atoms with Crippen LogP contribution < -0.4 is 10.1 Å². The number of imidazole rings is 1. The lowest BCUT2D eigenvalue weighted by Gasteiger charge is -2.21. The van der Waals surface area contributed by atoms with Crippen molar-refractivity contribution in [3.63, 3.8) is 0 Å². The summed E-state index contributed by atoms with van der Waals surface area (Å²) in [5, 5.41) is 2.97. The van der Waals surface area contributed by atoms with Crippen LogP contribution in [0.5, 0.6) is 5.75 Å². The molecule has 0 saturated carbocycles. The number of nitrogens with one attached hydrogen (secondary N) is 2. The van der Waals surface area contributed by atoms with Gasteiger partial charge in [-0.05, 0) is 19.1 Å². The van der Waals surface area contributed by atoms with Gasteiger partial charge >= 0.3 is 0 Å². The van der Waals surface area contributed by atoms with Crippen molar-refractivity contribution < 1.29 is 14.3 Å². The van der Waals surface area contributed by atoms with E-state index in [-0.39, 0.29) is 11.7 Å². The first-order chi connectivity index (χ1) is 12.5. The molecule has 3 aromatic rings. The highest BCUT2D eigenvalue weighted by Crippen LogP contribution is 2.29. The Labute approximate surface area is 151 Å². The molecule has 0 fully saturated rings. The number of aromatic nitrogens is 3. The van der Waals surface area contributed by atoms with Crippen LogP contribution in [0.2, 0.25) is 0 Å². The molecule has 0 spiro atoms. The van der Waals surface area contributed by atoms with Crippen LogP contribution in [-0.2, 0) is 7.05 Å². The van der Waals surface area contributed by atoms with Crippen molar-refractivity contribution in [3.05, 3.63) is 71.6 Å². The Balaban J connectivity index is 1.97. The molecule has 1 atom stereocenters. The molecular weight excluding hydrogens is 332 g/mol. The number of benzene rings is 1. The summed E-state index contributed by atoms with van der Waals surface area (Å²) in [5.74, 6) is 0.875. The number of hydrogen-bond donors (Lipinski definition) is 2. The predicted octanol–water partition coefficient (Wildman–Crippen LogP) is 2.48. The average Bonchev–Trinajstić information content (AvgIpc) is 3.29. The van der Waals surface area contributed by atoms with Gasteiger partial charge in [0.2, 0.25) is 0 Å². The summed E-state index contributed by atoms with van der Waals surface area (Å²) in [6.45, 7) is 1.45. The van der Waals surface area contributed by atoms with Gasteiger partial charge in [0.1, 0.15) is 23.3 Å². The van der Waals surface area contributed by atoms with Crippen LogP contribution in [0, 0.1) is 0 Å². The Kier molecular flexibility index (Phi) is 4.88. The van der Waals surface area contributed by atoms with Crippen molar-refractivity contribution in [1.29, 1.82) is 0 Å². The minimum Gasteiger partial charge on any atom is -0.496 e. The first kappa shape index (κ1) is 17.5. The molecule has 0 bridgehead atoms. The zero-order valence-corrected chi connectivity index (χ0v) is 14.8. The fourth-order valence-corrected chi connectivity index (χ4v) is 2.78. The Bertz CT molecular complexity index is 942. The Morgan fingerprint density at radius 1 is 1.31 bits per heavy atom. The molecule has 1 aromatic carbocycles. The van der Waals surface area contributed by atoms with Gasteiger partial charge in [-0.2, -0.15) is 0 Å². The summed E-state index contributed by atoms with van der Waals surface area (Å²) < 4.78 is 7.29. The molecule has 7 heteroatoms. The van der Waals surface area contributed by atoms with Crippen molar-refractivity contribution in [2.24, 2.45) is 7.05 Å². The van der Waals surface area contributed by atoms with Gasteiger partial charge in [0.15, 0.2) is 5.78 Å². The number of rotatable bonds is 6. The zero-order valence-electron chi connectivity index (χ0n) is 14.8. The molecular formula is C19H20N4O3. The highest BCUT2D eigenvalue weighted by molar-refractivity contribution is 5.99. The number of methoxy groups -OCH3 is 1. The maximum Gasteiger partial charge on any atom is 0.268 e. The van der Waals surface area contributed by atoms with Crippen LogP contribution in [0.1, 0.15) is 45.2 Å². The van der Waals surface area contributed by atoms with Gasteiger partial charge in [-0.15, -0.1) is 0 Å². The molecule has 134 valence electrons. The largest absolute Gasteiger partial charge is 0.496 e. The van der Waals surface area contributed by atoms with Gasteiger partial charge in [-0.3, -0.25) is 9.59 Å². The van der Waals surface area contributed by atoms with Crippen LogP contribution in [0.15, 0.2) is 48.9 Å². The molecule has 0 aliphatic carbocycles. The van der Waals surface area contributed by atoms with Crippen molar-refractivity contribution >= 4 is 11.7 Å². The van der Waals surface area contributed by atoms with Crippen molar-refractivity contribution in [3.8, 4) is 5.75 Å². The monoisotopic (exact) mass is 352 g/mol. The van der Waals surface area contributed by atoms with Gasteiger partial charge in [-0.25, -0.2) is 4.98 Å². The van der Waals surface area contributed by atoms with E-state index in [2.05, 4.69) is 15.3 Å². The van der Waals surface area contributed by atoms with Crippen molar-refractivity contribution in [2.75, 3.05) is 7.11 Å².